The van der Waals surface area contributed by atoms with E-state index in [0.29, 0.717) is 0 Å². The summed E-state index contributed by atoms with van der Waals surface area (Å²) in [6.07, 6.45) is 3.56. The average molecular weight is 220 g/mol. The molecular formula is C11H6ClNS. The number of aromatic nitrogens is 1. The molecule has 2 heterocycles. The molecule has 0 fully saturated rings. The number of fused-ring (bicyclic) bond motifs is 3. The quantitative estimate of drug-likeness (QED) is 0.555. The average Bonchev–Trinajstić information content (AvgIpc) is 2.57. The van der Waals surface area contributed by atoms with Crippen LogP contribution in [0.3, 0.4) is 0 Å². The van der Waals surface area contributed by atoms with E-state index >= 15 is 0 Å². The molecule has 3 heteroatoms. The third-order valence-electron chi connectivity index (χ3n) is 2.24. The molecule has 3 rings (SSSR count). The zero-order valence-electron chi connectivity index (χ0n) is 7.20. The Morgan fingerprint density at radius 1 is 1.07 bits per heavy atom. The van der Waals surface area contributed by atoms with E-state index in [2.05, 4.69) is 17.1 Å². The van der Waals surface area contributed by atoms with Crippen LogP contribution in [-0.4, -0.2) is 4.98 Å². The van der Waals surface area contributed by atoms with Gasteiger partial charge in [-0.1, -0.05) is 29.8 Å². The number of hydrogen-bond acceptors (Lipinski definition) is 2. The number of halogens is 1. The molecule has 0 saturated heterocycles. The van der Waals surface area contributed by atoms with Gasteiger partial charge in [0.05, 0.1) is 9.72 Å². The molecule has 0 spiro atoms. The number of thiophene rings is 1. The second-order valence-corrected chi connectivity index (χ2v) is 4.58. The van der Waals surface area contributed by atoms with Gasteiger partial charge < -0.3 is 0 Å². The Kier molecular flexibility index (Phi) is 1.72. The topological polar surface area (TPSA) is 12.9 Å². The minimum atomic E-state index is 0.736. The first-order chi connectivity index (χ1) is 6.86. The molecular weight excluding hydrogens is 214 g/mol. The van der Waals surface area contributed by atoms with Crippen LogP contribution in [0.5, 0.6) is 0 Å². The molecule has 1 nitrogen and oxygen atoms in total. The van der Waals surface area contributed by atoms with Crippen LogP contribution < -0.4 is 0 Å². The summed E-state index contributed by atoms with van der Waals surface area (Å²) in [6.45, 7) is 0. The minimum Gasteiger partial charge on any atom is -0.262 e. The number of nitrogens with zero attached hydrogens (tertiary/aromatic N) is 1. The zero-order valence-corrected chi connectivity index (χ0v) is 8.77. The van der Waals surface area contributed by atoms with E-state index in [1.54, 1.807) is 17.5 Å². The lowest BCUT2D eigenvalue weighted by atomic mass is 10.2. The number of benzene rings is 1. The highest BCUT2D eigenvalue weighted by atomic mass is 35.5. The first kappa shape index (κ1) is 8.21. The number of rotatable bonds is 0. The maximum Gasteiger partial charge on any atom is 0.0682 e. The van der Waals surface area contributed by atoms with Crippen LogP contribution in [-0.2, 0) is 0 Å². The summed E-state index contributed by atoms with van der Waals surface area (Å²) in [5, 5.41) is 3.09. The van der Waals surface area contributed by atoms with E-state index in [4.69, 9.17) is 11.6 Å². The van der Waals surface area contributed by atoms with Crippen molar-refractivity contribution in [3.63, 3.8) is 0 Å². The van der Waals surface area contributed by atoms with E-state index < -0.39 is 0 Å². The van der Waals surface area contributed by atoms with Crippen molar-refractivity contribution in [1.29, 1.82) is 0 Å². The smallest absolute Gasteiger partial charge is 0.0682 e. The van der Waals surface area contributed by atoms with Gasteiger partial charge in [-0.15, -0.1) is 11.3 Å². The highest BCUT2D eigenvalue weighted by molar-refractivity contribution is 7.25. The van der Waals surface area contributed by atoms with Crippen LogP contribution in [0.25, 0.3) is 20.2 Å². The second-order valence-electron chi connectivity index (χ2n) is 3.09. The Balaban J connectivity index is 2.65. The predicted octanol–water partition coefficient (Wildman–Crippen LogP) is 4.10. The van der Waals surface area contributed by atoms with Gasteiger partial charge in [-0.25, -0.2) is 0 Å². The summed E-state index contributed by atoms with van der Waals surface area (Å²) >= 11 is 7.85. The fourth-order valence-electron chi connectivity index (χ4n) is 1.64. The van der Waals surface area contributed by atoms with Crippen LogP contribution >= 0.6 is 22.9 Å². The predicted molar refractivity (Wildman–Crippen MR) is 62.1 cm³/mol. The first-order valence-corrected chi connectivity index (χ1v) is 5.46. The molecule has 2 aromatic heterocycles. The monoisotopic (exact) mass is 219 g/mol. The molecule has 0 aliphatic rings. The lowest BCUT2D eigenvalue weighted by Crippen LogP contribution is -1.71. The molecule has 68 valence electrons. The molecule has 0 bridgehead atoms. The van der Waals surface area contributed by atoms with E-state index in [-0.39, 0.29) is 0 Å². The van der Waals surface area contributed by atoms with Crippen molar-refractivity contribution >= 4 is 43.1 Å². The van der Waals surface area contributed by atoms with Gasteiger partial charge in [0.25, 0.3) is 0 Å². The van der Waals surface area contributed by atoms with Crippen LogP contribution in [0.4, 0.5) is 0 Å². The first-order valence-electron chi connectivity index (χ1n) is 4.27. The fraction of sp³-hybridized carbons (Fsp3) is 0. The summed E-state index contributed by atoms with van der Waals surface area (Å²) in [4.78, 5) is 4.09. The van der Waals surface area contributed by atoms with Crippen molar-refractivity contribution in [3.8, 4) is 0 Å². The zero-order chi connectivity index (χ0) is 9.54. The fourth-order valence-corrected chi connectivity index (χ4v) is 3.05. The molecule has 3 aromatic rings. The number of pyridine rings is 1. The van der Waals surface area contributed by atoms with Gasteiger partial charge >= 0.3 is 0 Å². The van der Waals surface area contributed by atoms with E-state index in [0.717, 1.165) is 15.1 Å². The Bertz CT molecular complexity index is 615. The van der Waals surface area contributed by atoms with Crippen molar-refractivity contribution in [2.45, 2.75) is 0 Å². The highest BCUT2D eigenvalue weighted by Gasteiger charge is 2.06. The van der Waals surface area contributed by atoms with Gasteiger partial charge in [0.15, 0.2) is 0 Å². The van der Waals surface area contributed by atoms with Crippen molar-refractivity contribution in [1.82, 2.24) is 4.98 Å². The van der Waals surface area contributed by atoms with Crippen LogP contribution in [0, 0.1) is 0 Å². The SMILES string of the molecule is Clc1cncc2sc3ccccc3c12. The molecule has 1 aromatic carbocycles. The Hall–Kier alpha value is -1.12. The second kappa shape index (κ2) is 2.94. The van der Waals surface area contributed by atoms with Crippen molar-refractivity contribution in [2.75, 3.05) is 0 Å². The lowest BCUT2D eigenvalue weighted by Gasteiger charge is -1.92. The van der Waals surface area contributed by atoms with E-state index in [1.165, 1.54) is 10.1 Å². The van der Waals surface area contributed by atoms with E-state index in [9.17, 15) is 0 Å². The molecule has 0 unspecified atom stereocenters. The molecule has 0 aliphatic carbocycles. The summed E-state index contributed by atoms with van der Waals surface area (Å²) in [5.41, 5.74) is 0. The van der Waals surface area contributed by atoms with Gasteiger partial charge in [-0.2, -0.15) is 0 Å². The Labute approximate surface area is 90.0 Å². The van der Waals surface area contributed by atoms with Gasteiger partial charge in [0.1, 0.15) is 0 Å². The minimum absolute atomic E-state index is 0.736. The normalized spacial score (nSPS) is 11.2. The summed E-state index contributed by atoms with van der Waals surface area (Å²) in [7, 11) is 0. The van der Waals surface area contributed by atoms with Crippen LogP contribution in [0.1, 0.15) is 0 Å². The standard InChI is InChI=1S/C11H6ClNS/c12-8-5-13-6-10-11(8)7-3-1-2-4-9(7)14-10/h1-6H. The van der Waals surface area contributed by atoms with Gasteiger partial charge in [-0.3, -0.25) is 4.98 Å². The van der Waals surface area contributed by atoms with Crippen LogP contribution in [0.15, 0.2) is 36.7 Å². The maximum absolute atomic E-state index is 6.12. The highest BCUT2D eigenvalue weighted by Crippen LogP contribution is 2.36. The number of hydrogen-bond donors (Lipinski definition) is 0. The van der Waals surface area contributed by atoms with Gasteiger partial charge in [0.2, 0.25) is 0 Å². The Morgan fingerprint density at radius 3 is 2.86 bits per heavy atom. The van der Waals surface area contributed by atoms with Gasteiger partial charge in [0, 0.05) is 27.9 Å². The maximum atomic E-state index is 6.12. The molecule has 0 N–H and O–H groups in total. The summed E-state index contributed by atoms with van der Waals surface area (Å²) in [5.74, 6) is 0. The van der Waals surface area contributed by atoms with Crippen molar-refractivity contribution in [3.05, 3.63) is 41.7 Å². The molecule has 14 heavy (non-hydrogen) atoms. The van der Waals surface area contributed by atoms with E-state index in [1.807, 2.05) is 18.3 Å². The third-order valence-corrected chi connectivity index (χ3v) is 3.63. The largest absolute Gasteiger partial charge is 0.262 e. The molecule has 0 amide bonds. The summed E-state index contributed by atoms with van der Waals surface area (Å²) < 4.78 is 2.41. The molecule has 0 aliphatic heterocycles. The van der Waals surface area contributed by atoms with Crippen molar-refractivity contribution in [2.24, 2.45) is 0 Å². The molecule has 0 saturated carbocycles. The molecule has 0 radical (unpaired) electrons. The Morgan fingerprint density at radius 2 is 1.93 bits per heavy atom. The molecule has 0 atom stereocenters. The van der Waals surface area contributed by atoms with Gasteiger partial charge in [-0.05, 0) is 6.07 Å². The summed E-state index contributed by atoms with van der Waals surface area (Å²) in [6, 6.07) is 8.28. The lowest BCUT2D eigenvalue weighted by molar-refractivity contribution is 1.37. The third kappa shape index (κ3) is 1.04. The van der Waals surface area contributed by atoms with Crippen molar-refractivity contribution < 1.29 is 0 Å². The van der Waals surface area contributed by atoms with Crippen LogP contribution in [0.2, 0.25) is 5.02 Å².